The summed E-state index contributed by atoms with van der Waals surface area (Å²) in [6.45, 7) is 1.77. The van der Waals surface area contributed by atoms with Gasteiger partial charge in [-0.05, 0) is 18.6 Å². The highest BCUT2D eigenvalue weighted by atomic mass is 16.5. The van der Waals surface area contributed by atoms with E-state index in [1.54, 1.807) is 25.1 Å². The lowest BCUT2D eigenvalue weighted by Gasteiger charge is -2.15. The van der Waals surface area contributed by atoms with Gasteiger partial charge >= 0.3 is 0 Å². The second kappa shape index (κ2) is 5.16. The molecular formula is C11H14N2O3. The molecule has 0 aliphatic carbocycles. The highest BCUT2D eigenvalue weighted by Crippen LogP contribution is 2.19. The normalized spacial score (nSPS) is 11.8. The topological polar surface area (TPSA) is 95.4 Å². The predicted octanol–water partition coefficient (Wildman–Crippen LogP) is 0.428. The Morgan fingerprint density at radius 2 is 1.94 bits per heavy atom. The van der Waals surface area contributed by atoms with Crippen LogP contribution in [0.25, 0.3) is 0 Å². The van der Waals surface area contributed by atoms with Crippen LogP contribution in [0.3, 0.4) is 0 Å². The Morgan fingerprint density at radius 3 is 2.44 bits per heavy atom. The predicted molar refractivity (Wildman–Crippen MR) is 58.9 cm³/mol. The number of rotatable bonds is 5. The van der Waals surface area contributed by atoms with Gasteiger partial charge in [0.15, 0.2) is 6.10 Å². The molecule has 0 spiro atoms. The van der Waals surface area contributed by atoms with Crippen molar-refractivity contribution in [3.05, 3.63) is 29.8 Å². The van der Waals surface area contributed by atoms with Crippen LogP contribution in [-0.2, 0) is 4.79 Å². The van der Waals surface area contributed by atoms with Crippen LogP contribution in [0.4, 0.5) is 0 Å². The molecule has 0 radical (unpaired) electrons. The Morgan fingerprint density at radius 1 is 1.31 bits per heavy atom. The van der Waals surface area contributed by atoms with E-state index in [9.17, 15) is 9.59 Å². The van der Waals surface area contributed by atoms with Gasteiger partial charge in [-0.1, -0.05) is 19.1 Å². The van der Waals surface area contributed by atoms with Crippen LogP contribution in [0, 0.1) is 0 Å². The van der Waals surface area contributed by atoms with Crippen LogP contribution in [0.2, 0.25) is 0 Å². The van der Waals surface area contributed by atoms with E-state index in [2.05, 4.69) is 0 Å². The van der Waals surface area contributed by atoms with Gasteiger partial charge < -0.3 is 16.2 Å². The molecule has 0 heterocycles. The summed E-state index contributed by atoms with van der Waals surface area (Å²) in [7, 11) is 0. The monoisotopic (exact) mass is 222 g/mol. The molecule has 0 aliphatic heterocycles. The molecule has 0 aliphatic rings. The van der Waals surface area contributed by atoms with Gasteiger partial charge in [-0.25, -0.2) is 0 Å². The molecule has 5 heteroatoms. The number of amides is 2. The molecule has 0 saturated heterocycles. The molecular weight excluding hydrogens is 208 g/mol. The van der Waals surface area contributed by atoms with Crippen molar-refractivity contribution in [3.63, 3.8) is 0 Å². The minimum atomic E-state index is -0.750. The van der Waals surface area contributed by atoms with Crippen molar-refractivity contribution in [2.24, 2.45) is 11.5 Å². The van der Waals surface area contributed by atoms with E-state index in [1.807, 2.05) is 0 Å². The summed E-state index contributed by atoms with van der Waals surface area (Å²) in [4.78, 5) is 22.1. The fourth-order valence-corrected chi connectivity index (χ4v) is 1.27. The number of benzene rings is 1. The molecule has 0 bridgehead atoms. The second-order valence-corrected chi connectivity index (χ2v) is 3.28. The summed E-state index contributed by atoms with van der Waals surface area (Å²) in [5.74, 6) is -0.891. The van der Waals surface area contributed by atoms with E-state index < -0.39 is 17.9 Å². The Kier molecular flexibility index (Phi) is 3.88. The van der Waals surface area contributed by atoms with Crippen molar-refractivity contribution in [1.82, 2.24) is 0 Å². The molecule has 1 atom stereocenters. The van der Waals surface area contributed by atoms with Crippen molar-refractivity contribution < 1.29 is 14.3 Å². The fraction of sp³-hybridized carbons (Fsp3) is 0.273. The van der Waals surface area contributed by atoms with E-state index >= 15 is 0 Å². The Balaban J connectivity index is 2.95. The second-order valence-electron chi connectivity index (χ2n) is 3.28. The van der Waals surface area contributed by atoms with Crippen LogP contribution in [0.5, 0.6) is 5.75 Å². The molecule has 0 saturated carbocycles. The fourth-order valence-electron chi connectivity index (χ4n) is 1.27. The van der Waals surface area contributed by atoms with E-state index in [4.69, 9.17) is 16.2 Å². The van der Waals surface area contributed by atoms with Gasteiger partial charge in [0.2, 0.25) is 0 Å². The van der Waals surface area contributed by atoms with Gasteiger partial charge in [0, 0.05) is 0 Å². The number of carbonyl (C=O) groups is 2. The van der Waals surface area contributed by atoms with Crippen LogP contribution < -0.4 is 16.2 Å². The first-order chi connectivity index (χ1) is 7.56. The van der Waals surface area contributed by atoms with Crippen LogP contribution in [-0.4, -0.2) is 17.9 Å². The summed E-state index contributed by atoms with van der Waals surface area (Å²) in [5, 5.41) is 0. The van der Waals surface area contributed by atoms with Gasteiger partial charge in [-0.3, -0.25) is 9.59 Å². The maximum absolute atomic E-state index is 11.1. The third kappa shape index (κ3) is 2.73. The van der Waals surface area contributed by atoms with E-state index in [1.165, 1.54) is 6.07 Å². The lowest BCUT2D eigenvalue weighted by atomic mass is 10.2. The highest BCUT2D eigenvalue weighted by molar-refractivity contribution is 5.95. The molecule has 2 amide bonds. The lowest BCUT2D eigenvalue weighted by Crippen LogP contribution is -2.33. The molecule has 1 aromatic carbocycles. The minimum absolute atomic E-state index is 0.238. The van der Waals surface area contributed by atoms with E-state index in [0.29, 0.717) is 6.42 Å². The zero-order chi connectivity index (χ0) is 12.1. The van der Waals surface area contributed by atoms with Crippen molar-refractivity contribution in [2.45, 2.75) is 19.4 Å². The number of nitrogens with two attached hydrogens (primary N) is 2. The lowest BCUT2D eigenvalue weighted by molar-refractivity contribution is -0.124. The standard InChI is InChI=1S/C11H14N2O3/c1-2-8(11(13)15)16-9-6-4-3-5-7(9)10(12)14/h3-6,8H,2H2,1H3,(H2,12,14)(H2,13,15). The maximum Gasteiger partial charge on any atom is 0.258 e. The molecule has 86 valence electrons. The first kappa shape index (κ1) is 12.0. The van der Waals surface area contributed by atoms with Crippen molar-refractivity contribution in [2.75, 3.05) is 0 Å². The number of hydrogen-bond donors (Lipinski definition) is 2. The summed E-state index contributed by atoms with van der Waals surface area (Å²) in [5.41, 5.74) is 10.6. The highest BCUT2D eigenvalue weighted by Gasteiger charge is 2.17. The average Bonchev–Trinajstić information content (AvgIpc) is 2.25. The Bertz CT molecular complexity index is 404. The zero-order valence-corrected chi connectivity index (χ0v) is 8.97. The van der Waals surface area contributed by atoms with Crippen LogP contribution in [0.15, 0.2) is 24.3 Å². The summed E-state index contributed by atoms with van der Waals surface area (Å²) >= 11 is 0. The van der Waals surface area contributed by atoms with Crippen LogP contribution in [0.1, 0.15) is 23.7 Å². The first-order valence-electron chi connectivity index (χ1n) is 4.91. The van der Waals surface area contributed by atoms with Gasteiger partial charge in [-0.2, -0.15) is 0 Å². The number of hydrogen-bond acceptors (Lipinski definition) is 3. The molecule has 16 heavy (non-hydrogen) atoms. The summed E-state index contributed by atoms with van der Waals surface area (Å²) in [6.07, 6.45) is -0.317. The molecule has 4 N–H and O–H groups in total. The molecule has 1 unspecified atom stereocenters. The summed E-state index contributed by atoms with van der Waals surface area (Å²) in [6, 6.07) is 6.46. The third-order valence-electron chi connectivity index (χ3n) is 2.11. The van der Waals surface area contributed by atoms with Gasteiger partial charge in [0.25, 0.3) is 11.8 Å². The van der Waals surface area contributed by atoms with Gasteiger partial charge in [0.05, 0.1) is 5.56 Å². The van der Waals surface area contributed by atoms with E-state index in [0.717, 1.165) is 0 Å². The van der Waals surface area contributed by atoms with Gasteiger partial charge in [-0.15, -0.1) is 0 Å². The number of primary amides is 2. The zero-order valence-electron chi connectivity index (χ0n) is 8.97. The number of carbonyl (C=O) groups excluding carboxylic acids is 2. The number of para-hydroxylation sites is 1. The Labute approximate surface area is 93.4 Å². The van der Waals surface area contributed by atoms with Crippen molar-refractivity contribution in [3.8, 4) is 5.75 Å². The largest absolute Gasteiger partial charge is 0.480 e. The Hall–Kier alpha value is -2.04. The maximum atomic E-state index is 11.1. The quantitative estimate of drug-likeness (QED) is 0.756. The minimum Gasteiger partial charge on any atom is -0.480 e. The van der Waals surface area contributed by atoms with Crippen molar-refractivity contribution >= 4 is 11.8 Å². The molecule has 1 aromatic rings. The molecule has 1 rings (SSSR count). The SMILES string of the molecule is CCC(Oc1ccccc1C(N)=O)C(N)=O. The number of ether oxygens (including phenoxy) is 1. The van der Waals surface area contributed by atoms with Crippen molar-refractivity contribution in [1.29, 1.82) is 0 Å². The summed E-state index contributed by atoms with van der Waals surface area (Å²) < 4.78 is 5.34. The van der Waals surface area contributed by atoms with E-state index in [-0.39, 0.29) is 11.3 Å². The first-order valence-corrected chi connectivity index (χ1v) is 4.91. The molecule has 5 nitrogen and oxygen atoms in total. The molecule has 0 aromatic heterocycles. The van der Waals surface area contributed by atoms with Crippen LogP contribution >= 0.6 is 0 Å². The average molecular weight is 222 g/mol. The smallest absolute Gasteiger partial charge is 0.258 e. The third-order valence-corrected chi connectivity index (χ3v) is 2.11. The molecule has 0 fully saturated rings. The van der Waals surface area contributed by atoms with Gasteiger partial charge in [0.1, 0.15) is 5.75 Å².